The number of hydrogen-bond acceptors (Lipinski definition) is 3. The van der Waals surface area contributed by atoms with Gasteiger partial charge in [-0.3, -0.25) is 0 Å². The van der Waals surface area contributed by atoms with Gasteiger partial charge in [0.25, 0.3) is 0 Å². The second-order valence-corrected chi connectivity index (χ2v) is 6.21. The summed E-state index contributed by atoms with van der Waals surface area (Å²) in [6, 6.07) is 6.04. The number of nitrogens with one attached hydrogen (secondary N) is 1. The Balaban J connectivity index is 1.87. The smallest absolute Gasteiger partial charge is 0.340 e. The van der Waals surface area contributed by atoms with E-state index in [-0.39, 0.29) is 5.97 Å². The number of aromatic nitrogens is 1. The number of nitrogens with zero attached hydrogens (tertiary/aromatic N) is 1. The van der Waals surface area contributed by atoms with Gasteiger partial charge in [-0.25, -0.2) is 4.79 Å². The molecule has 4 nitrogen and oxygen atoms in total. The Kier molecular flexibility index (Phi) is 5.03. The molecule has 1 atom stereocenters. The Labute approximate surface area is 141 Å². The lowest BCUT2D eigenvalue weighted by molar-refractivity contribution is 0.0603. The molecule has 0 bridgehead atoms. The first kappa shape index (κ1) is 16.1. The van der Waals surface area contributed by atoms with E-state index in [9.17, 15) is 4.79 Å². The molecule has 1 aliphatic heterocycles. The van der Waals surface area contributed by atoms with Crippen molar-refractivity contribution in [2.45, 2.75) is 31.8 Å². The summed E-state index contributed by atoms with van der Waals surface area (Å²) in [6.07, 6.45) is 9.86. The lowest BCUT2D eigenvalue weighted by Crippen LogP contribution is -2.32. The molecule has 0 aliphatic carbocycles. The molecule has 23 heavy (non-hydrogen) atoms. The molecule has 2 heterocycles. The number of carbonyl (C=O) groups excluding carboxylic acids is 1. The molecule has 1 aromatic carbocycles. The maximum Gasteiger partial charge on any atom is 0.340 e. The van der Waals surface area contributed by atoms with E-state index in [4.69, 9.17) is 16.3 Å². The van der Waals surface area contributed by atoms with Crippen LogP contribution >= 0.6 is 11.6 Å². The molecule has 0 unspecified atom stereocenters. The van der Waals surface area contributed by atoms with Gasteiger partial charge in [0, 0.05) is 24.2 Å². The molecule has 2 aromatic rings. The monoisotopic (exact) mass is 332 g/mol. The molecule has 0 spiro atoms. The van der Waals surface area contributed by atoms with Crippen LogP contribution in [0.5, 0.6) is 0 Å². The average Bonchev–Trinajstić information content (AvgIpc) is 2.95. The predicted molar refractivity (Wildman–Crippen MR) is 93.1 cm³/mol. The number of fused-ring (bicyclic) bond motifs is 1. The second-order valence-electron chi connectivity index (χ2n) is 5.81. The molecule has 0 radical (unpaired) electrons. The van der Waals surface area contributed by atoms with E-state index in [1.54, 1.807) is 0 Å². The lowest BCUT2D eigenvalue weighted by Gasteiger charge is -2.20. The van der Waals surface area contributed by atoms with E-state index in [1.165, 1.54) is 26.4 Å². The van der Waals surface area contributed by atoms with Crippen molar-refractivity contribution in [3.05, 3.63) is 47.1 Å². The number of rotatable bonds is 4. The maximum absolute atomic E-state index is 12.0. The molecule has 1 saturated heterocycles. The standard InChI is InChI=1S/C18H21ClN2O2/c1-23-18(22)15-12-21(17-14(15)8-4-9-16(17)19)11-5-7-13-6-2-3-10-20-13/h4-5,7-9,12-13,20H,2-3,6,10-11H2,1H3/b7-5+/t13-/m0/s1. The van der Waals surface area contributed by atoms with E-state index < -0.39 is 0 Å². The van der Waals surface area contributed by atoms with Crippen molar-refractivity contribution in [2.24, 2.45) is 0 Å². The predicted octanol–water partition coefficient (Wildman–Crippen LogP) is 3.78. The van der Waals surface area contributed by atoms with Crippen LogP contribution in [0.15, 0.2) is 36.5 Å². The number of piperidine rings is 1. The van der Waals surface area contributed by atoms with Crippen molar-refractivity contribution in [1.29, 1.82) is 0 Å². The number of methoxy groups -OCH3 is 1. The van der Waals surface area contributed by atoms with Crippen molar-refractivity contribution in [3.8, 4) is 0 Å². The summed E-state index contributed by atoms with van der Waals surface area (Å²) < 4.78 is 6.88. The van der Waals surface area contributed by atoms with Crippen molar-refractivity contribution in [2.75, 3.05) is 13.7 Å². The third-order valence-electron chi connectivity index (χ3n) is 4.27. The molecule has 1 aromatic heterocycles. The van der Waals surface area contributed by atoms with Crippen LogP contribution in [0.1, 0.15) is 29.6 Å². The quantitative estimate of drug-likeness (QED) is 0.684. The fourth-order valence-electron chi connectivity index (χ4n) is 3.11. The maximum atomic E-state index is 12.0. The molecule has 1 N–H and O–H groups in total. The minimum absolute atomic E-state index is 0.339. The van der Waals surface area contributed by atoms with Gasteiger partial charge < -0.3 is 14.6 Å². The molecule has 122 valence electrons. The molecule has 3 rings (SSSR count). The van der Waals surface area contributed by atoms with Gasteiger partial charge in [0.15, 0.2) is 0 Å². The highest BCUT2D eigenvalue weighted by Crippen LogP contribution is 2.28. The number of halogens is 1. The largest absolute Gasteiger partial charge is 0.465 e. The fraction of sp³-hybridized carbons (Fsp3) is 0.389. The highest BCUT2D eigenvalue weighted by Gasteiger charge is 2.17. The zero-order valence-corrected chi connectivity index (χ0v) is 14.0. The Bertz CT molecular complexity index is 730. The van der Waals surface area contributed by atoms with Gasteiger partial charge in [0.2, 0.25) is 0 Å². The van der Waals surface area contributed by atoms with Crippen molar-refractivity contribution in [1.82, 2.24) is 9.88 Å². The van der Waals surface area contributed by atoms with Crippen LogP contribution in [-0.4, -0.2) is 30.2 Å². The first-order valence-corrected chi connectivity index (χ1v) is 8.34. The summed E-state index contributed by atoms with van der Waals surface area (Å²) in [7, 11) is 1.39. The van der Waals surface area contributed by atoms with Crippen LogP contribution in [0.2, 0.25) is 5.02 Å². The summed E-state index contributed by atoms with van der Waals surface area (Å²) in [5.41, 5.74) is 1.42. The Morgan fingerprint density at radius 2 is 2.35 bits per heavy atom. The van der Waals surface area contributed by atoms with Crippen LogP contribution in [0.3, 0.4) is 0 Å². The highest BCUT2D eigenvalue weighted by atomic mass is 35.5. The topological polar surface area (TPSA) is 43.3 Å². The zero-order valence-electron chi connectivity index (χ0n) is 13.2. The van der Waals surface area contributed by atoms with Gasteiger partial charge in [-0.05, 0) is 25.5 Å². The normalized spacial score (nSPS) is 18.6. The second kappa shape index (κ2) is 7.20. The third-order valence-corrected chi connectivity index (χ3v) is 4.58. The molecule has 1 fully saturated rings. The number of ether oxygens (including phenoxy) is 1. The summed E-state index contributed by atoms with van der Waals surface area (Å²) in [5.74, 6) is -0.339. The molecule has 0 saturated carbocycles. The van der Waals surface area contributed by atoms with Crippen molar-refractivity contribution in [3.63, 3.8) is 0 Å². The van der Waals surface area contributed by atoms with Gasteiger partial charge in [0.1, 0.15) is 0 Å². The number of para-hydroxylation sites is 1. The number of benzene rings is 1. The summed E-state index contributed by atoms with van der Waals surface area (Å²) in [5, 5.41) is 4.96. The Hall–Kier alpha value is -1.78. The van der Waals surface area contributed by atoms with Gasteiger partial charge in [-0.1, -0.05) is 42.3 Å². The molecule has 5 heteroatoms. The minimum Gasteiger partial charge on any atom is -0.465 e. The first-order valence-electron chi connectivity index (χ1n) is 7.96. The third kappa shape index (κ3) is 3.43. The summed E-state index contributed by atoms with van der Waals surface area (Å²) >= 11 is 6.34. The lowest BCUT2D eigenvalue weighted by atomic mass is 10.0. The van der Waals surface area contributed by atoms with E-state index >= 15 is 0 Å². The van der Waals surface area contributed by atoms with Crippen LogP contribution in [0.4, 0.5) is 0 Å². The van der Waals surface area contributed by atoms with E-state index in [0.29, 0.717) is 23.2 Å². The average molecular weight is 333 g/mol. The summed E-state index contributed by atoms with van der Waals surface area (Å²) in [4.78, 5) is 12.0. The number of allylic oxidation sites excluding steroid dienone is 1. The van der Waals surface area contributed by atoms with Crippen LogP contribution in [0, 0.1) is 0 Å². The van der Waals surface area contributed by atoms with Gasteiger partial charge in [-0.2, -0.15) is 0 Å². The minimum atomic E-state index is -0.339. The van der Waals surface area contributed by atoms with E-state index in [1.807, 2.05) is 29.0 Å². The molecule has 0 amide bonds. The Morgan fingerprint density at radius 1 is 1.48 bits per heavy atom. The summed E-state index contributed by atoms with van der Waals surface area (Å²) in [6.45, 7) is 1.76. The number of hydrogen-bond donors (Lipinski definition) is 1. The number of carbonyl (C=O) groups is 1. The molecular formula is C18H21ClN2O2. The molecular weight excluding hydrogens is 312 g/mol. The number of esters is 1. The van der Waals surface area contributed by atoms with Gasteiger partial charge in [-0.15, -0.1) is 0 Å². The van der Waals surface area contributed by atoms with Gasteiger partial charge in [0.05, 0.1) is 23.2 Å². The van der Waals surface area contributed by atoms with Crippen molar-refractivity contribution < 1.29 is 9.53 Å². The van der Waals surface area contributed by atoms with Crippen LogP contribution < -0.4 is 5.32 Å². The first-order chi connectivity index (χ1) is 11.2. The zero-order chi connectivity index (χ0) is 16.2. The fourth-order valence-corrected chi connectivity index (χ4v) is 3.40. The van der Waals surface area contributed by atoms with E-state index in [0.717, 1.165) is 17.4 Å². The van der Waals surface area contributed by atoms with Crippen LogP contribution in [0.25, 0.3) is 10.9 Å². The van der Waals surface area contributed by atoms with Gasteiger partial charge >= 0.3 is 5.97 Å². The van der Waals surface area contributed by atoms with Crippen molar-refractivity contribution >= 4 is 28.5 Å². The van der Waals surface area contributed by atoms with E-state index in [2.05, 4.69) is 17.5 Å². The Morgan fingerprint density at radius 3 is 3.09 bits per heavy atom. The SMILES string of the molecule is COC(=O)c1cn(C/C=C/[C@@H]2CCCCN2)c2c(Cl)cccc12. The molecule has 1 aliphatic rings. The van der Waals surface area contributed by atoms with Crippen LogP contribution in [-0.2, 0) is 11.3 Å². The highest BCUT2D eigenvalue weighted by molar-refractivity contribution is 6.35.